The Morgan fingerprint density at radius 2 is 1.00 bits per heavy atom. The minimum absolute atomic E-state index is 0.196. The van der Waals surface area contributed by atoms with Crippen molar-refractivity contribution in [2.75, 3.05) is 0 Å². The van der Waals surface area contributed by atoms with Crippen LogP contribution < -0.4 is 0 Å². The predicted molar refractivity (Wildman–Crippen MR) is 98.7 cm³/mol. The number of benzene rings is 2. The highest BCUT2D eigenvalue weighted by molar-refractivity contribution is 9.39. The number of rotatable bonds is 3. The van der Waals surface area contributed by atoms with E-state index in [-0.39, 0.29) is 11.5 Å². The zero-order valence-electron chi connectivity index (χ0n) is 10.5. The smallest absolute Gasteiger partial charge is 0.144 e. The standard InChI is InChI=1S/C15H10Br4O2/c16-14(9-15(17,18)19,10-1-5-12(20)6-2-10)11-3-7-13(21)8-4-11/h1-8,20-21H. The molecule has 2 aromatic carbocycles. The summed E-state index contributed by atoms with van der Waals surface area (Å²) >= 11 is 14.0. The molecule has 0 unspecified atom stereocenters. The van der Waals surface area contributed by atoms with Gasteiger partial charge in [0.1, 0.15) is 13.6 Å². The summed E-state index contributed by atoms with van der Waals surface area (Å²) in [5.41, 5.74) is 1.77. The largest absolute Gasteiger partial charge is 0.508 e. The SMILES string of the molecule is Oc1ccc(C(Br)([C]C(Br)(Br)Br)c2ccc(O)cc2)cc1. The molecular formula is C15H10Br4O2. The molecule has 0 amide bonds. The van der Waals surface area contributed by atoms with E-state index >= 15 is 0 Å². The summed E-state index contributed by atoms with van der Waals surface area (Å²) in [6, 6.07) is 13.7. The molecule has 0 aliphatic carbocycles. The summed E-state index contributed by atoms with van der Waals surface area (Å²) in [5.74, 6) is 0.393. The molecule has 2 N–H and O–H groups in total. The number of phenols is 2. The van der Waals surface area contributed by atoms with Gasteiger partial charge < -0.3 is 10.2 Å². The highest BCUT2D eigenvalue weighted by Crippen LogP contribution is 2.51. The fourth-order valence-electron chi connectivity index (χ4n) is 1.89. The molecule has 2 rings (SSSR count). The van der Waals surface area contributed by atoms with Gasteiger partial charge in [0.15, 0.2) is 0 Å². The normalized spacial score (nSPS) is 12.4. The van der Waals surface area contributed by atoms with Crippen LogP contribution in [0.1, 0.15) is 11.1 Å². The quantitative estimate of drug-likeness (QED) is 0.493. The van der Waals surface area contributed by atoms with E-state index < -0.39 is 6.47 Å². The van der Waals surface area contributed by atoms with Crippen LogP contribution in [0.25, 0.3) is 0 Å². The zero-order chi connectivity index (χ0) is 15.7. The summed E-state index contributed by atoms with van der Waals surface area (Å²) in [4.78, 5) is 0. The molecule has 2 aromatic rings. The van der Waals surface area contributed by atoms with Gasteiger partial charge in [-0.05, 0) is 35.4 Å². The first-order valence-electron chi connectivity index (χ1n) is 5.85. The zero-order valence-corrected chi connectivity index (χ0v) is 16.9. The maximum atomic E-state index is 9.47. The van der Waals surface area contributed by atoms with Crippen molar-refractivity contribution in [3.8, 4) is 11.5 Å². The van der Waals surface area contributed by atoms with Crippen LogP contribution in [0.4, 0.5) is 0 Å². The van der Waals surface area contributed by atoms with Gasteiger partial charge in [0.05, 0.1) is 10.7 Å². The molecule has 6 heteroatoms. The molecule has 0 saturated heterocycles. The van der Waals surface area contributed by atoms with Gasteiger partial charge in [0.2, 0.25) is 0 Å². The van der Waals surface area contributed by atoms with E-state index in [0.29, 0.717) is 0 Å². The number of alkyl halides is 4. The summed E-state index contributed by atoms with van der Waals surface area (Å²) in [6.07, 6.45) is 3.31. The highest BCUT2D eigenvalue weighted by atomic mass is 80.0. The monoisotopic (exact) mass is 538 g/mol. The van der Waals surface area contributed by atoms with Gasteiger partial charge in [0, 0.05) is 0 Å². The lowest BCUT2D eigenvalue weighted by Gasteiger charge is -2.31. The lowest BCUT2D eigenvalue weighted by Crippen LogP contribution is -2.26. The highest BCUT2D eigenvalue weighted by Gasteiger charge is 2.39. The van der Waals surface area contributed by atoms with E-state index in [0.717, 1.165) is 11.1 Å². The molecule has 0 aliphatic rings. The van der Waals surface area contributed by atoms with Crippen LogP contribution in [0.3, 0.4) is 0 Å². The average molecular weight is 542 g/mol. The van der Waals surface area contributed by atoms with Crippen LogP contribution in [-0.2, 0) is 4.32 Å². The second-order valence-corrected chi connectivity index (χ2v) is 12.3. The Balaban J connectivity index is 2.53. The fraction of sp³-hybridized carbons (Fsp3) is 0.133. The fourth-order valence-corrected chi connectivity index (χ4v) is 4.40. The molecule has 0 spiro atoms. The molecule has 0 atom stereocenters. The lowest BCUT2D eigenvalue weighted by atomic mass is 9.88. The molecule has 0 aliphatic heterocycles. The predicted octanol–water partition coefficient (Wildman–Crippen LogP) is 5.66. The third-order valence-electron chi connectivity index (χ3n) is 2.84. The minimum atomic E-state index is -0.745. The van der Waals surface area contributed by atoms with E-state index in [9.17, 15) is 10.2 Å². The summed E-state index contributed by atoms with van der Waals surface area (Å²) < 4.78 is -1.45. The van der Waals surface area contributed by atoms with Crippen molar-refractivity contribution in [2.24, 2.45) is 0 Å². The first kappa shape index (κ1) is 17.3. The van der Waals surface area contributed by atoms with Crippen molar-refractivity contribution in [2.45, 2.75) is 6.47 Å². The third kappa shape index (κ3) is 4.47. The molecule has 0 heterocycles. The van der Waals surface area contributed by atoms with Gasteiger partial charge in [-0.25, -0.2) is 0 Å². The number of hydrogen-bond acceptors (Lipinski definition) is 2. The van der Waals surface area contributed by atoms with Gasteiger partial charge >= 0.3 is 0 Å². The van der Waals surface area contributed by atoms with Crippen molar-refractivity contribution in [1.82, 2.24) is 0 Å². The second-order valence-electron chi connectivity index (χ2n) is 4.37. The molecule has 21 heavy (non-hydrogen) atoms. The van der Waals surface area contributed by atoms with Crippen molar-refractivity contribution < 1.29 is 10.2 Å². The Morgan fingerprint density at radius 3 is 1.29 bits per heavy atom. The first-order chi connectivity index (χ1) is 9.71. The van der Waals surface area contributed by atoms with Gasteiger partial charge in [-0.3, -0.25) is 0 Å². The van der Waals surface area contributed by atoms with E-state index in [1.807, 2.05) is 24.3 Å². The average Bonchev–Trinajstić information content (AvgIpc) is 2.38. The Labute approximate surface area is 157 Å². The van der Waals surface area contributed by atoms with Crippen LogP contribution in [0, 0.1) is 6.42 Å². The summed E-state index contributed by atoms with van der Waals surface area (Å²) in [5, 5.41) is 18.9. The van der Waals surface area contributed by atoms with E-state index in [4.69, 9.17) is 0 Å². The summed E-state index contributed by atoms with van der Waals surface area (Å²) in [7, 11) is 0. The van der Waals surface area contributed by atoms with E-state index in [2.05, 4.69) is 70.1 Å². The minimum Gasteiger partial charge on any atom is -0.508 e. The molecule has 2 radical (unpaired) electrons. The van der Waals surface area contributed by atoms with Crippen LogP contribution in [0.5, 0.6) is 11.5 Å². The van der Waals surface area contributed by atoms with Gasteiger partial charge in [-0.15, -0.1) is 0 Å². The molecular weight excluding hydrogens is 532 g/mol. The Hall–Kier alpha value is -0.0400. The number of phenolic OH excluding ortho intramolecular Hbond substituents is 2. The number of halogens is 4. The summed E-state index contributed by atoms with van der Waals surface area (Å²) in [6.45, 7) is 0. The maximum Gasteiger partial charge on any atom is 0.144 e. The van der Waals surface area contributed by atoms with Gasteiger partial charge in [-0.2, -0.15) is 0 Å². The molecule has 0 saturated carbocycles. The Morgan fingerprint density at radius 1 is 0.667 bits per heavy atom. The molecule has 0 fully saturated rings. The second kappa shape index (κ2) is 6.60. The van der Waals surface area contributed by atoms with Crippen LogP contribution in [-0.4, -0.2) is 12.4 Å². The number of hydrogen-bond donors (Lipinski definition) is 2. The van der Waals surface area contributed by atoms with E-state index in [1.165, 1.54) is 0 Å². The van der Waals surface area contributed by atoms with Crippen LogP contribution in [0.15, 0.2) is 48.5 Å². The Kier molecular flexibility index (Phi) is 5.45. The number of aromatic hydroxyl groups is 2. The molecule has 2 nitrogen and oxygen atoms in total. The van der Waals surface area contributed by atoms with Crippen LogP contribution in [0.2, 0.25) is 0 Å². The first-order valence-corrected chi connectivity index (χ1v) is 9.02. The van der Waals surface area contributed by atoms with Crippen molar-refractivity contribution in [3.63, 3.8) is 0 Å². The Bertz CT molecular complexity index is 558. The van der Waals surface area contributed by atoms with Crippen molar-refractivity contribution >= 4 is 63.7 Å². The molecule has 110 valence electrons. The molecule has 0 bridgehead atoms. The lowest BCUT2D eigenvalue weighted by molar-refractivity contribution is 0.475. The maximum absolute atomic E-state index is 9.47. The van der Waals surface area contributed by atoms with Crippen molar-refractivity contribution in [3.05, 3.63) is 66.1 Å². The van der Waals surface area contributed by atoms with E-state index in [1.54, 1.807) is 24.3 Å². The van der Waals surface area contributed by atoms with Crippen LogP contribution >= 0.6 is 63.7 Å². The van der Waals surface area contributed by atoms with Gasteiger partial charge in [0.25, 0.3) is 0 Å². The molecule has 0 aromatic heterocycles. The van der Waals surface area contributed by atoms with Gasteiger partial charge in [-0.1, -0.05) is 88.0 Å². The van der Waals surface area contributed by atoms with Crippen molar-refractivity contribution in [1.29, 1.82) is 0 Å². The topological polar surface area (TPSA) is 40.5 Å². The third-order valence-corrected chi connectivity index (χ3v) is 4.55.